The van der Waals surface area contributed by atoms with Crippen molar-refractivity contribution in [2.45, 2.75) is 20.8 Å². The zero-order chi connectivity index (χ0) is 30.5. The molecule has 0 atom stereocenters. The molecule has 0 saturated heterocycles. The number of rotatable bonds is 8. The lowest BCUT2D eigenvalue weighted by Crippen LogP contribution is -2.25. The first-order valence-electron chi connectivity index (χ1n) is 14.7. The van der Waals surface area contributed by atoms with E-state index in [0.717, 1.165) is 49.2 Å². The van der Waals surface area contributed by atoms with Gasteiger partial charge in [0, 0.05) is 21.6 Å². The van der Waals surface area contributed by atoms with Gasteiger partial charge >= 0.3 is 5.97 Å². The fourth-order valence-electron chi connectivity index (χ4n) is 5.46. The van der Waals surface area contributed by atoms with Gasteiger partial charge < -0.3 is 10.1 Å². The fraction of sp³-hybridized carbons (Fsp3) is 0.105. The van der Waals surface area contributed by atoms with Crippen LogP contribution in [0.4, 0.5) is 17.2 Å². The number of hydrogen-bond acceptors (Lipinski definition) is 5. The van der Waals surface area contributed by atoms with E-state index in [4.69, 9.17) is 14.5 Å². The van der Waals surface area contributed by atoms with Crippen molar-refractivity contribution in [1.82, 2.24) is 4.98 Å². The number of esters is 1. The van der Waals surface area contributed by atoms with Gasteiger partial charge in [-0.1, -0.05) is 115 Å². The molecule has 0 bridgehead atoms. The number of benzene rings is 5. The number of hydrogen-bond donors (Lipinski definition) is 1. The number of carbonyl (C=O) groups excluding carboxylic acids is 1. The third-order valence-corrected chi connectivity index (χ3v) is 11.3. The number of ether oxygens (including phenoxy) is 1. The molecule has 6 aromatic rings. The van der Waals surface area contributed by atoms with E-state index in [1.54, 1.807) is 6.92 Å². The molecular formula is C38H34N3O2P. The van der Waals surface area contributed by atoms with Crippen molar-refractivity contribution in [3.63, 3.8) is 0 Å². The maximum absolute atomic E-state index is 13.0. The van der Waals surface area contributed by atoms with E-state index >= 15 is 0 Å². The molecule has 0 saturated carbocycles. The van der Waals surface area contributed by atoms with Crippen LogP contribution in [0.5, 0.6) is 0 Å². The average molecular weight is 596 g/mol. The van der Waals surface area contributed by atoms with Gasteiger partial charge in [-0.15, -0.1) is 0 Å². The Bertz CT molecular complexity index is 1870. The molecule has 6 rings (SSSR count). The van der Waals surface area contributed by atoms with E-state index in [-0.39, 0.29) is 12.3 Å². The number of nitrogens with one attached hydrogen (secondary N) is 1. The molecule has 6 heteroatoms. The van der Waals surface area contributed by atoms with Crippen molar-refractivity contribution in [1.29, 1.82) is 0 Å². The summed E-state index contributed by atoms with van der Waals surface area (Å²) in [6, 6.07) is 45.8. The van der Waals surface area contributed by atoms with Gasteiger partial charge in [0.05, 0.1) is 24.7 Å². The first-order chi connectivity index (χ1) is 21.5. The third-order valence-electron chi connectivity index (χ3n) is 7.64. The van der Waals surface area contributed by atoms with Crippen molar-refractivity contribution < 1.29 is 9.53 Å². The highest BCUT2D eigenvalue weighted by Gasteiger charge is 2.28. The van der Waals surface area contributed by atoms with Gasteiger partial charge in [-0.2, -0.15) is 0 Å². The summed E-state index contributed by atoms with van der Waals surface area (Å²) in [7, 11) is -2.57. The molecule has 0 amide bonds. The number of anilines is 2. The molecule has 0 unspecified atom stereocenters. The van der Waals surface area contributed by atoms with Crippen LogP contribution >= 0.6 is 7.05 Å². The Morgan fingerprint density at radius 1 is 0.750 bits per heavy atom. The number of nitrogens with zero attached hydrogens (tertiary/aromatic N) is 2. The summed E-state index contributed by atoms with van der Waals surface area (Å²) in [4.78, 5) is 17.8. The summed E-state index contributed by atoms with van der Waals surface area (Å²) in [6.07, 6.45) is 0. The van der Waals surface area contributed by atoms with Crippen molar-refractivity contribution in [2.75, 3.05) is 11.9 Å². The molecule has 218 valence electrons. The molecule has 0 aliphatic heterocycles. The summed E-state index contributed by atoms with van der Waals surface area (Å²) >= 11 is 0. The number of carbonyl (C=O) groups is 1. The highest BCUT2D eigenvalue weighted by molar-refractivity contribution is 7.87. The van der Waals surface area contributed by atoms with Gasteiger partial charge in [-0.05, 0) is 56.0 Å². The Kier molecular flexibility index (Phi) is 8.40. The van der Waals surface area contributed by atoms with Crippen LogP contribution in [0.1, 0.15) is 28.5 Å². The number of aryl methyl sites for hydroxylation is 2. The molecule has 1 heterocycles. The van der Waals surface area contributed by atoms with Crippen LogP contribution in [0.2, 0.25) is 0 Å². The van der Waals surface area contributed by atoms with Crippen LogP contribution in [0.15, 0.2) is 138 Å². The van der Waals surface area contributed by atoms with E-state index in [2.05, 4.69) is 97.2 Å². The zero-order valence-electron chi connectivity index (χ0n) is 25.1. The summed E-state index contributed by atoms with van der Waals surface area (Å²) in [5.74, 6) is 0.104. The Morgan fingerprint density at radius 3 is 1.82 bits per heavy atom. The lowest BCUT2D eigenvalue weighted by Gasteiger charge is -2.27. The number of pyridine rings is 1. The quantitative estimate of drug-likeness (QED) is 0.141. The fourth-order valence-corrected chi connectivity index (χ4v) is 9.00. The van der Waals surface area contributed by atoms with Gasteiger partial charge in [0.1, 0.15) is 5.82 Å². The highest BCUT2D eigenvalue weighted by atomic mass is 31.2. The van der Waals surface area contributed by atoms with Gasteiger partial charge in [0.15, 0.2) is 5.69 Å². The molecule has 0 spiro atoms. The van der Waals surface area contributed by atoms with Gasteiger partial charge in [0.25, 0.3) is 0 Å². The summed E-state index contributed by atoms with van der Waals surface area (Å²) in [5, 5.41) is 8.71. The second-order valence-corrected chi connectivity index (χ2v) is 13.7. The van der Waals surface area contributed by atoms with E-state index < -0.39 is 13.0 Å². The molecule has 0 fully saturated rings. The normalized spacial score (nSPS) is 11.2. The second kappa shape index (κ2) is 12.7. The van der Waals surface area contributed by atoms with E-state index in [0.29, 0.717) is 5.82 Å². The first-order valence-corrected chi connectivity index (χ1v) is 16.5. The minimum absolute atomic E-state index is 0.254. The van der Waals surface area contributed by atoms with Crippen LogP contribution in [0.3, 0.4) is 0 Å². The SMILES string of the molecule is CCOC(=O)c1cc2c(C)ccc(N=P(c3ccccc3)(c3ccccc3)c3ccccc3)c2c(Nc2ccc(C)cc2)n1. The monoisotopic (exact) mass is 595 g/mol. The molecule has 1 N–H and O–H groups in total. The Balaban J connectivity index is 1.73. The minimum atomic E-state index is -2.57. The van der Waals surface area contributed by atoms with Gasteiger partial charge in [-0.25, -0.2) is 9.78 Å². The number of aromatic nitrogens is 1. The van der Waals surface area contributed by atoms with Crippen LogP contribution in [0, 0.1) is 13.8 Å². The lowest BCUT2D eigenvalue weighted by atomic mass is 10.0. The van der Waals surface area contributed by atoms with Crippen LogP contribution in [-0.4, -0.2) is 17.6 Å². The van der Waals surface area contributed by atoms with Crippen molar-refractivity contribution in [2.24, 2.45) is 4.74 Å². The molecular weight excluding hydrogens is 561 g/mol. The van der Waals surface area contributed by atoms with Crippen molar-refractivity contribution >= 4 is 56.9 Å². The topological polar surface area (TPSA) is 63.6 Å². The van der Waals surface area contributed by atoms with E-state index in [9.17, 15) is 4.79 Å². The average Bonchev–Trinajstić information content (AvgIpc) is 3.07. The number of fused-ring (bicyclic) bond motifs is 1. The molecule has 5 aromatic carbocycles. The molecule has 1 aromatic heterocycles. The summed E-state index contributed by atoms with van der Waals surface area (Å²) in [6.45, 7) is 6.17. The Hall–Kier alpha value is -4.99. The zero-order valence-corrected chi connectivity index (χ0v) is 26.0. The molecule has 5 nitrogen and oxygen atoms in total. The molecule has 0 aliphatic rings. The maximum atomic E-state index is 13.0. The molecule has 44 heavy (non-hydrogen) atoms. The van der Waals surface area contributed by atoms with Crippen LogP contribution in [0.25, 0.3) is 10.8 Å². The minimum Gasteiger partial charge on any atom is -0.461 e. The van der Waals surface area contributed by atoms with E-state index in [1.807, 2.05) is 55.5 Å². The van der Waals surface area contributed by atoms with E-state index in [1.165, 1.54) is 0 Å². The second-order valence-electron chi connectivity index (χ2n) is 10.6. The van der Waals surface area contributed by atoms with Crippen LogP contribution < -0.4 is 21.2 Å². The molecule has 0 radical (unpaired) electrons. The standard InChI is InChI=1S/C38H34N3O2P/c1-4-43-38(42)35-26-33-28(3)22-25-34(36(33)37(40-35)39-29-23-20-27(2)21-24-29)41-44(30-14-8-5-9-15-30,31-16-10-6-11-17-31)32-18-12-7-13-19-32/h5-26H,4H2,1-3H3,(H,39,40). The Labute approximate surface area is 258 Å². The third kappa shape index (κ3) is 5.67. The smallest absolute Gasteiger partial charge is 0.357 e. The predicted octanol–water partition coefficient (Wildman–Crippen LogP) is 8.58. The van der Waals surface area contributed by atoms with Crippen LogP contribution in [-0.2, 0) is 4.74 Å². The van der Waals surface area contributed by atoms with Gasteiger partial charge in [-0.3, -0.25) is 4.74 Å². The lowest BCUT2D eigenvalue weighted by molar-refractivity contribution is 0.0520. The summed E-state index contributed by atoms with van der Waals surface area (Å²) < 4.78 is 11.2. The van der Waals surface area contributed by atoms with Crippen molar-refractivity contribution in [3.05, 3.63) is 150 Å². The first kappa shape index (κ1) is 29.1. The maximum Gasteiger partial charge on any atom is 0.357 e. The van der Waals surface area contributed by atoms with Crippen molar-refractivity contribution in [3.8, 4) is 0 Å². The highest BCUT2D eigenvalue weighted by Crippen LogP contribution is 2.51. The largest absolute Gasteiger partial charge is 0.461 e. The Morgan fingerprint density at radius 2 is 1.30 bits per heavy atom. The summed E-state index contributed by atoms with van der Waals surface area (Å²) in [5.41, 5.74) is 4.09. The molecule has 0 aliphatic carbocycles. The van der Waals surface area contributed by atoms with Gasteiger partial charge in [0.2, 0.25) is 0 Å². The predicted molar refractivity (Wildman–Crippen MR) is 184 cm³/mol.